The molecule has 2 heterocycles. The highest BCUT2D eigenvalue weighted by molar-refractivity contribution is 5.94. The third-order valence-corrected chi connectivity index (χ3v) is 3.56. The zero-order valence-corrected chi connectivity index (χ0v) is 11.6. The van der Waals surface area contributed by atoms with Crippen LogP contribution in [0.25, 0.3) is 0 Å². The van der Waals surface area contributed by atoms with Gasteiger partial charge >= 0.3 is 5.97 Å². The van der Waals surface area contributed by atoms with Crippen molar-refractivity contribution >= 4 is 11.9 Å². The molecule has 0 bridgehead atoms. The molecule has 1 amide bonds. The van der Waals surface area contributed by atoms with Gasteiger partial charge in [-0.15, -0.1) is 0 Å². The van der Waals surface area contributed by atoms with E-state index in [0.717, 1.165) is 6.42 Å². The molecule has 0 aliphatic carbocycles. The second-order valence-electron chi connectivity index (χ2n) is 5.09. The summed E-state index contributed by atoms with van der Waals surface area (Å²) in [5.74, 6) is -1.39. The van der Waals surface area contributed by atoms with Gasteiger partial charge in [-0.3, -0.25) is 4.79 Å². The van der Waals surface area contributed by atoms with Gasteiger partial charge in [0.15, 0.2) is 0 Å². The van der Waals surface area contributed by atoms with Gasteiger partial charge < -0.3 is 14.7 Å². The van der Waals surface area contributed by atoms with E-state index in [1.807, 2.05) is 13.8 Å². The van der Waals surface area contributed by atoms with Crippen LogP contribution in [0.15, 0.2) is 18.2 Å². The largest absolute Gasteiger partial charge is 0.477 e. The van der Waals surface area contributed by atoms with Crippen LogP contribution in [0.5, 0.6) is 0 Å². The molecule has 0 radical (unpaired) electrons. The molecule has 0 aromatic carbocycles. The van der Waals surface area contributed by atoms with Crippen molar-refractivity contribution in [2.75, 3.05) is 19.7 Å². The number of carbonyl (C=O) groups excluding carboxylic acids is 1. The summed E-state index contributed by atoms with van der Waals surface area (Å²) in [6.45, 7) is 5.44. The molecular formula is C14H18N2O4. The number of aromatic carboxylic acids is 1. The lowest BCUT2D eigenvalue weighted by Crippen LogP contribution is -2.52. The highest BCUT2D eigenvalue weighted by atomic mass is 16.5. The van der Waals surface area contributed by atoms with Crippen LogP contribution >= 0.6 is 0 Å². The smallest absolute Gasteiger partial charge is 0.354 e. The molecule has 1 aliphatic rings. The fourth-order valence-electron chi connectivity index (χ4n) is 2.15. The Kier molecular flexibility index (Phi) is 4.04. The Morgan fingerprint density at radius 2 is 2.15 bits per heavy atom. The molecule has 2 rings (SSSR count). The Hall–Kier alpha value is -1.95. The topological polar surface area (TPSA) is 79.7 Å². The van der Waals surface area contributed by atoms with Gasteiger partial charge in [-0.2, -0.15) is 0 Å². The number of aromatic nitrogens is 1. The van der Waals surface area contributed by atoms with Crippen molar-refractivity contribution in [3.05, 3.63) is 29.6 Å². The molecule has 1 aliphatic heterocycles. The summed E-state index contributed by atoms with van der Waals surface area (Å²) in [7, 11) is 0. The third kappa shape index (κ3) is 2.96. The molecule has 1 fully saturated rings. The molecule has 108 valence electrons. The lowest BCUT2D eigenvalue weighted by Gasteiger charge is -2.39. The number of hydrogen-bond acceptors (Lipinski definition) is 4. The SMILES string of the molecule is CCC1(C)CN(C(=O)c2cccc(C(=O)O)n2)CCO1. The lowest BCUT2D eigenvalue weighted by molar-refractivity contribution is -0.0898. The normalized spacial score (nSPS) is 22.6. The van der Waals surface area contributed by atoms with E-state index >= 15 is 0 Å². The predicted octanol–water partition coefficient (Wildman–Crippen LogP) is 1.42. The fraction of sp³-hybridized carbons (Fsp3) is 0.500. The van der Waals surface area contributed by atoms with Crippen molar-refractivity contribution in [2.45, 2.75) is 25.9 Å². The summed E-state index contributed by atoms with van der Waals surface area (Å²) in [6, 6.07) is 4.44. The van der Waals surface area contributed by atoms with E-state index < -0.39 is 5.97 Å². The van der Waals surface area contributed by atoms with Crippen molar-refractivity contribution in [1.82, 2.24) is 9.88 Å². The minimum atomic E-state index is -1.14. The first-order chi connectivity index (χ1) is 9.45. The minimum absolute atomic E-state index is 0.123. The second kappa shape index (κ2) is 5.58. The van der Waals surface area contributed by atoms with Gasteiger partial charge in [0.1, 0.15) is 11.4 Å². The molecule has 1 atom stereocenters. The monoisotopic (exact) mass is 278 g/mol. The van der Waals surface area contributed by atoms with Crippen LogP contribution < -0.4 is 0 Å². The molecule has 1 N–H and O–H groups in total. The van der Waals surface area contributed by atoms with Crippen LogP contribution in [0, 0.1) is 0 Å². The molecule has 6 heteroatoms. The Morgan fingerprint density at radius 3 is 2.80 bits per heavy atom. The first-order valence-electron chi connectivity index (χ1n) is 6.59. The van der Waals surface area contributed by atoms with Gasteiger partial charge in [0.25, 0.3) is 5.91 Å². The fourth-order valence-corrected chi connectivity index (χ4v) is 2.15. The van der Waals surface area contributed by atoms with Gasteiger partial charge in [0.2, 0.25) is 0 Å². The summed E-state index contributed by atoms with van der Waals surface area (Å²) in [4.78, 5) is 28.8. The first-order valence-corrected chi connectivity index (χ1v) is 6.59. The van der Waals surface area contributed by atoms with Gasteiger partial charge in [0.05, 0.1) is 12.2 Å². The Balaban J connectivity index is 2.19. The number of carboxylic acid groups (broad SMARTS) is 1. The number of rotatable bonds is 3. The Labute approximate surface area is 117 Å². The number of nitrogens with zero attached hydrogens (tertiary/aromatic N) is 2. The maximum absolute atomic E-state index is 12.4. The summed E-state index contributed by atoms with van der Waals surface area (Å²) in [5.41, 5.74) is -0.314. The molecule has 1 saturated heterocycles. The van der Waals surface area contributed by atoms with E-state index in [1.165, 1.54) is 18.2 Å². The van der Waals surface area contributed by atoms with Gasteiger partial charge in [-0.05, 0) is 25.5 Å². The number of hydrogen-bond donors (Lipinski definition) is 1. The lowest BCUT2D eigenvalue weighted by atomic mass is 10.0. The average molecular weight is 278 g/mol. The molecule has 6 nitrogen and oxygen atoms in total. The van der Waals surface area contributed by atoms with Crippen LogP contribution in [0.2, 0.25) is 0 Å². The third-order valence-electron chi connectivity index (χ3n) is 3.56. The summed E-state index contributed by atoms with van der Waals surface area (Å²) in [5, 5.41) is 8.92. The quantitative estimate of drug-likeness (QED) is 0.904. The number of pyridine rings is 1. The minimum Gasteiger partial charge on any atom is -0.477 e. The Bertz CT molecular complexity index is 532. The standard InChI is InChI=1S/C14H18N2O4/c1-3-14(2)9-16(7-8-20-14)12(17)10-5-4-6-11(15-10)13(18)19/h4-6H,3,7-9H2,1-2H3,(H,18,19). The number of carbonyl (C=O) groups is 2. The van der Waals surface area contributed by atoms with Crippen molar-refractivity contribution in [3.8, 4) is 0 Å². The maximum atomic E-state index is 12.4. The molecule has 20 heavy (non-hydrogen) atoms. The van der Waals surface area contributed by atoms with Crippen molar-refractivity contribution in [2.24, 2.45) is 0 Å². The van der Waals surface area contributed by atoms with E-state index in [1.54, 1.807) is 4.90 Å². The molecule has 0 spiro atoms. The van der Waals surface area contributed by atoms with Crippen LogP contribution in [-0.4, -0.2) is 52.2 Å². The van der Waals surface area contributed by atoms with E-state index in [0.29, 0.717) is 19.7 Å². The zero-order chi connectivity index (χ0) is 14.8. The second-order valence-corrected chi connectivity index (χ2v) is 5.09. The average Bonchev–Trinajstić information content (AvgIpc) is 2.46. The number of morpholine rings is 1. The predicted molar refractivity (Wildman–Crippen MR) is 71.7 cm³/mol. The van der Waals surface area contributed by atoms with Gasteiger partial charge in [-0.1, -0.05) is 13.0 Å². The van der Waals surface area contributed by atoms with Crippen molar-refractivity contribution < 1.29 is 19.4 Å². The van der Waals surface area contributed by atoms with E-state index in [2.05, 4.69) is 4.98 Å². The molecule has 1 unspecified atom stereocenters. The van der Waals surface area contributed by atoms with Crippen LogP contribution in [0.3, 0.4) is 0 Å². The molecule has 0 saturated carbocycles. The van der Waals surface area contributed by atoms with E-state index in [-0.39, 0.29) is 22.9 Å². The molecule has 1 aromatic heterocycles. The molecular weight excluding hydrogens is 260 g/mol. The van der Waals surface area contributed by atoms with Crippen LogP contribution in [-0.2, 0) is 4.74 Å². The van der Waals surface area contributed by atoms with Gasteiger partial charge in [-0.25, -0.2) is 9.78 Å². The summed E-state index contributed by atoms with van der Waals surface area (Å²) in [6.07, 6.45) is 0.805. The van der Waals surface area contributed by atoms with Crippen LogP contribution in [0.1, 0.15) is 41.2 Å². The van der Waals surface area contributed by atoms with E-state index in [9.17, 15) is 9.59 Å². The number of amides is 1. The number of ether oxygens (including phenoxy) is 1. The van der Waals surface area contributed by atoms with E-state index in [4.69, 9.17) is 9.84 Å². The molecule has 1 aromatic rings. The highest BCUT2D eigenvalue weighted by Gasteiger charge is 2.33. The zero-order valence-electron chi connectivity index (χ0n) is 11.6. The van der Waals surface area contributed by atoms with Gasteiger partial charge in [0, 0.05) is 13.1 Å². The highest BCUT2D eigenvalue weighted by Crippen LogP contribution is 2.22. The maximum Gasteiger partial charge on any atom is 0.354 e. The number of carboxylic acids is 1. The van der Waals surface area contributed by atoms with Crippen molar-refractivity contribution in [1.29, 1.82) is 0 Å². The van der Waals surface area contributed by atoms with Crippen molar-refractivity contribution in [3.63, 3.8) is 0 Å². The Morgan fingerprint density at radius 1 is 1.45 bits per heavy atom. The summed E-state index contributed by atoms with van der Waals surface area (Å²) < 4.78 is 5.68. The van der Waals surface area contributed by atoms with Crippen LogP contribution in [0.4, 0.5) is 0 Å². The summed E-state index contributed by atoms with van der Waals surface area (Å²) >= 11 is 0. The first kappa shape index (κ1) is 14.5.